The number of benzene rings is 2. The van der Waals surface area contributed by atoms with Gasteiger partial charge in [0.1, 0.15) is 16.5 Å². The first-order chi connectivity index (χ1) is 13.0. The highest BCUT2D eigenvalue weighted by atomic mass is 32.1. The maximum Gasteiger partial charge on any atom is 0.257 e. The molecule has 6 heteroatoms. The molecule has 0 radical (unpaired) electrons. The number of nitrogens with two attached hydrogens (primary N) is 1. The summed E-state index contributed by atoms with van der Waals surface area (Å²) in [5.74, 6) is -0.171. The summed E-state index contributed by atoms with van der Waals surface area (Å²) in [6, 6.07) is 17.1. The molecule has 2 aromatic heterocycles. The van der Waals surface area contributed by atoms with Gasteiger partial charge in [0.15, 0.2) is 0 Å². The Balaban J connectivity index is 1.87. The summed E-state index contributed by atoms with van der Waals surface area (Å²) in [6.07, 6.45) is 0. The number of carbonyl (C=O) groups excluding carboxylic acids is 1. The van der Waals surface area contributed by atoms with E-state index in [2.05, 4.69) is 10.3 Å². The first kappa shape index (κ1) is 17.2. The van der Waals surface area contributed by atoms with Crippen molar-refractivity contribution in [3.05, 3.63) is 77.6 Å². The molecule has 4 rings (SSSR count). The fraction of sp³-hybridized carbons (Fsp3) is 0.0476. The van der Waals surface area contributed by atoms with Gasteiger partial charge < -0.3 is 11.1 Å². The van der Waals surface area contributed by atoms with Crippen LogP contribution in [0, 0.1) is 12.7 Å². The highest BCUT2D eigenvalue weighted by Gasteiger charge is 2.21. The molecule has 2 aromatic carbocycles. The van der Waals surface area contributed by atoms with E-state index >= 15 is 0 Å². The second kappa shape index (κ2) is 6.81. The molecule has 134 valence electrons. The molecule has 0 aliphatic heterocycles. The van der Waals surface area contributed by atoms with Crippen molar-refractivity contribution in [2.45, 2.75) is 6.92 Å². The Bertz CT molecular complexity index is 1150. The minimum absolute atomic E-state index is 0.235. The summed E-state index contributed by atoms with van der Waals surface area (Å²) < 4.78 is 13.3. The number of rotatable bonds is 3. The normalized spacial score (nSPS) is 10.9. The number of aromatic nitrogens is 1. The maximum absolute atomic E-state index is 13.3. The fourth-order valence-electron chi connectivity index (χ4n) is 2.92. The molecule has 3 N–H and O–H groups in total. The zero-order valence-corrected chi connectivity index (χ0v) is 15.3. The van der Waals surface area contributed by atoms with Crippen molar-refractivity contribution >= 4 is 39.0 Å². The van der Waals surface area contributed by atoms with Crippen LogP contribution < -0.4 is 11.1 Å². The van der Waals surface area contributed by atoms with E-state index in [4.69, 9.17) is 5.73 Å². The molecule has 0 spiro atoms. The van der Waals surface area contributed by atoms with Gasteiger partial charge in [0, 0.05) is 16.0 Å². The summed E-state index contributed by atoms with van der Waals surface area (Å²) in [7, 11) is 0. The molecule has 0 atom stereocenters. The summed E-state index contributed by atoms with van der Waals surface area (Å²) >= 11 is 1.37. The van der Waals surface area contributed by atoms with Crippen LogP contribution in [0.15, 0.2) is 60.7 Å². The molecule has 0 aliphatic rings. The van der Waals surface area contributed by atoms with Gasteiger partial charge in [0.25, 0.3) is 5.91 Å². The Morgan fingerprint density at radius 3 is 2.56 bits per heavy atom. The van der Waals surface area contributed by atoms with Crippen LogP contribution in [0.4, 0.5) is 15.9 Å². The van der Waals surface area contributed by atoms with Crippen molar-refractivity contribution in [1.82, 2.24) is 4.98 Å². The second-order valence-electron chi connectivity index (χ2n) is 6.17. The van der Waals surface area contributed by atoms with Gasteiger partial charge in [-0.25, -0.2) is 9.37 Å². The van der Waals surface area contributed by atoms with Crippen molar-refractivity contribution in [1.29, 1.82) is 0 Å². The van der Waals surface area contributed by atoms with Crippen molar-refractivity contribution in [3.63, 3.8) is 0 Å². The van der Waals surface area contributed by atoms with Gasteiger partial charge in [0.2, 0.25) is 0 Å². The number of hydrogen-bond acceptors (Lipinski definition) is 4. The lowest BCUT2D eigenvalue weighted by molar-refractivity contribution is 0.102. The molecular weight excluding hydrogens is 361 g/mol. The van der Waals surface area contributed by atoms with Gasteiger partial charge in [-0.15, -0.1) is 11.3 Å². The van der Waals surface area contributed by atoms with Crippen LogP contribution >= 0.6 is 11.3 Å². The lowest BCUT2D eigenvalue weighted by Crippen LogP contribution is -2.13. The highest BCUT2D eigenvalue weighted by Crippen LogP contribution is 2.38. The zero-order chi connectivity index (χ0) is 19.0. The molecule has 27 heavy (non-hydrogen) atoms. The van der Waals surface area contributed by atoms with Crippen molar-refractivity contribution in [2.75, 3.05) is 11.1 Å². The molecule has 0 bridgehead atoms. The lowest BCUT2D eigenvalue weighted by Gasteiger charge is -2.09. The molecule has 0 saturated heterocycles. The van der Waals surface area contributed by atoms with Crippen molar-refractivity contribution < 1.29 is 9.18 Å². The molecule has 1 amide bonds. The summed E-state index contributed by atoms with van der Waals surface area (Å²) in [5.41, 5.74) is 8.79. The summed E-state index contributed by atoms with van der Waals surface area (Å²) in [6.45, 7) is 1.93. The SMILES string of the molecule is Cc1ccccc1NC(=O)c1c(-c2ccc(F)cc2)sc2nc(N)ccc12. The number of thiophene rings is 1. The molecular formula is C21H16FN3OS. The van der Waals surface area contributed by atoms with E-state index in [9.17, 15) is 9.18 Å². The third kappa shape index (κ3) is 3.27. The number of anilines is 2. The molecule has 0 unspecified atom stereocenters. The predicted molar refractivity (Wildman–Crippen MR) is 109 cm³/mol. The highest BCUT2D eigenvalue weighted by molar-refractivity contribution is 7.22. The number of nitrogens with zero attached hydrogens (tertiary/aromatic N) is 1. The number of amides is 1. The number of fused-ring (bicyclic) bond motifs is 1. The Morgan fingerprint density at radius 1 is 1.07 bits per heavy atom. The number of aryl methyl sites for hydroxylation is 1. The van der Waals surface area contributed by atoms with Gasteiger partial charge in [-0.05, 0) is 48.4 Å². The Hall–Kier alpha value is -3.25. The monoisotopic (exact) mass is 377 g/mol. The quantitative estimate of drug-likeness (QED) is 0.513. The van der Waals surface area contributed by atoms with Gasteiger partial charge in [0.05, 0.1) is 5.56 Å². The van der Waals surface area contributed by atoms with E-state index in [0.29, 0.717) is 16.2 Å². The van der Waals surface area contributed by atoms with E-state index in [1.54, 1.807) is 24.3 Å². The van der Waals surface area contributed by atoms with E-state index in [-0.39, 0.29) is 11.7 Å². The van der Waals surface area contributed by atoms with Gasteiger partial charge >= 0.3 is 0 Å². The van der Waals surface area contributed by atoms with E-state index < -0.39 is 0 Å². The second-order valence-corrected chi connectivity index (χ2v) is 7.17. The van der Waals surface area contributed by atoms with E-state index in [0.717, 1.165) is 27.1 Å². The minimum Gasteiger partial charge on any atom is -0.384 e. The van der Waals surface area contributed by atoms with E-state index in [1.165, 1.54) is 23.5 Å². The van der Waals surface area contributed by atoms with Crippen LogP contribution in [-0.2, 0) is 0 Å². The largest absolute Gasteiger partial charge is 0.384 e. The Kier molecular flexibility index (Phi) is 4.33. The van der Waals surface area contributed by atoms with Crippen LogP contribution in [0.2, 0.25) is 0 Å². The predicted octanol–water partition coefficient (Wildman–Crippen LogP) is 5.25. The number of pyridine rings is 1. The van der Waals surface area contributed by atoms with Gasteiger partial charge in [-0.2, -0.15) is 0 Å². The molecule has 0 saturated carbocycles. The zero-order valence-electron chi connectivity index (χ0n) is 14.5. The number of carbonyl (C=O) groups is 1. The van der Waals surface area contributed by atoms with Gasteiger partial charge in [-0.1, -0.05) is 30.3 Å². The molecule has 0 aliphatic carbocycles. The number of nitrogen functional groups attached to an aromatic ring is 1. The fourth-order valence-corrected chi connectivity index (χ4v) is 4.10. The smallest absolute Gasteiger partial charge is 0.257 e. The number of halogens is 1. The van der Waals surface area contributed by atoms with Crippen molar-refractivity contribution in [3.8, 4) is 10.4 Å². The number of para-hydroxylation sites is 1. The lowest BCUT2D eigenvalue weighted by atomic mass is 10.1. The van der Waals surface area contributed by atoms with Crippen LogP contribution in [0.3, 0.4) is 0 Å². The summed E-state index contributed by atoms with van der Waals surface area (Å²) in [4.78, 5) is 18.9. The first-order valence-electron chi connectivity index (χ1n) is 8.35. The third-order valence-electron chi connectivity index (χ3n) is 4.30. The summed E-state index contributed by atoms with van der Waals surface area (Å²) in [5, 5.41) is 3.70. The van der Waals surface area contributed by atoms with Crippen LogP contribution in [0.1, 0.15) is 15.9 Å². The van der Waals surface area contributed by atoms with Crippen molar-refractivity contribution in [2.24, 2.45) is 0 Å². The topological polar surface area (TPSA) is 68.0 Å². The van der Waals surface area contributed by atoms with Crippen LogP contribution in [-0.4, -0.2) is 10.9 Å². The van der Waals surface area contributed by atoms with Crippen LogP contribution in [0.25, 0.3) is 20.7 Å². The first-order valence-corrected chi connectivity index (χ1v) is 9.16. The Morgan fingerprint density at radius 2 is 1.81 bits per heavy atom. The van der Waals surface area contributed by atoms with Crippen LogP contribution in [0.5, 0.6) is 0 Å². The number of nitrogens with one attached hydrogen (secondary N) is 1. The maximum atomic E-state index is 13.3. The Labute approximate surface area is 159 Å². The average molecular weight is 377 g/mol. The average Bonchev–Trinajstić information content (AvgIpc) is 3.02. The number of hydrogen-bond donors (Lipinski definition) is 2. The molecule has 2 heterocycles. The third-order valence-corrected chi connectivity index (χ3v) is 5.45. The molecule has 0 fully saturated rings. The minimum atomic E-state index is -0.326. The van der Waals surface area contributed by atoms with Gasteiger partial charge in [-0.3, -0.25) is 4.79 Å². The standard InChI is InChI=1S/C21H16FN3OS/c1-12-4-2-3-5-16(12)24-20(26)18-15-10-11-17(23)25-21(15)27-19(18)13-6-8-14(22)9-7-13/h2-11H,1H3,(H2,23,25)(H,24,26). The molecule has 4 nitrogen and oxygen atoms in total. The van der Waals surface area contributed by atoms with E-state index in [1.807, 2.05) is 31.2 Å². The molecule has 4 aromatic rings.